The van der Waals surface area contributed by atoms with Crippen molar-refractivity contribution in [1.82, 2.24) is 0 Å². The summed E-state index contributed by atoms with van der Waals surface area (Å²) in [6.07, 6.45) is 0.0171. The molecule has 23 heavy (non-hydrogen) atoms. The maximum absolute atomic E-state index is 12.5. The van der Waals surface area contributed by atoms with Crippen molar-refractivity contribution in [3.63, 3.8) is 0 Å². The zero-order valence-electron chi connectivity index (χ0n) is 12.2. The maximum Gasteiger partial charge on any atom is 0.269 e. The molecule has 116 valence electrons. The number of aryl methyl sites for hydroxylation is 1. The van der Waals surface area contributed by atoms with Gasteiger partial charge in [0.05, 0.1) is 15.9 Å². The van der Waals surface area contributed by atoms with Crippen molar-refractivity contribution >= 4 is 16.7 Å². The van der Waals surface area contributed by atoms with Gasteiger partial charge in [-0.3, -0.25) is 14.9 Å². The quantitative estimate of drug-likeness (QED) is 0.592. The fourth-order valence-corrected chi connectivity index (χ4v) is 2.41. The second-order valence-corrected chi connectivity index (χ2v) is 5.27. The van der Waals surface area contributed by atoms with Crippen molar-refractivity contribution in [2.75, 3.05) is 0 Å². The number of hydrogen-bond acceptors (Lipinski definition) is 5. The molecule has 1 N–H and O–H groups in total. The lowest BCUT2D eigenvalue weighted by atomic mass is 10.0. The van der Waals surface area contributed by atoms with E-state index in [9.17, 15) is 20.0 Å². The minimum Gasteiger partial charge on any atom is -0.464 e. The van der Waals surface area contributed by atoms with Crippen LogP contribution in [0.1, 0.15) is 22.8 Å². The van der Waals surface area contributed by atoms with Gasteiger partial charge in [-0.25, -0.2) is 0 Å². The van der Waals surface area contributed by atoms with Gasteiger partial charge >= 0.3 is 0 Å². The first kappa shape index (κ1) is 14.9. The smallest absolute Gasteiger partial charge is 0.269 e. The summed E-state index contributed by atoms with van der Waals surface area (Å²) in [7, 11) is 0. The van der Waals surface area contributed by atoms with Crippen LogP contribution in [0.15, 0.2) is 57.9 Å². The summed E-state index contributed by atoms with van der Waals surface area (Å²) in [4.78, 5) is 22.7. The third kappa shape index (κ3) is 2.72. The van der Waals surface area contributed by atoms with Crippen LogP contribution in [0, 0.1) is 17.0 Å². The van der Waals surface area contributed by atoms with Gasteiger partial charge in [0.25, 0.3) is 5.69 Å². The van der Waals surface area contributed by atoms with E-state index in [-0.39, 0.29) is 16.7 Å². The Morgan fingerprint density at radius 2 is 1.87 bits per heavy atom. The molecule has 0 amide bonds. The molecule has 0 fully saturated rings. The number of nitro benzene ring substituents is 1. The number of nitro groups is 1. The molecule has 0 aliphatic rings. The number of aliphatic hydroxyl groups excluding tert-OH is 1. The summed E-state index contributed by atoms with van der Waals surface area (Å²) in [5.41, 5.74) is 1.43. The summed E-state index contributed by atoms with van der Waals surface area (Å²) >= 11 is 0. The molecule has 0 saturated carbocycles. The van der Waals surface area contributed by atoms with Crippen molar-refractivity contribution in [3.8, 4) is 0 Å². The normalized spacial score (nSPS) is 12.3. The van der Waals surface area contributed by atoms with E-state index in [1.807, 2.05) is 13.0 Å². The fourth-order valence-electron chi connectivity index (χ4n) is 2.41. The van der Waals surface area contributed by atoms with Crippen molar-refractivity contribution in [1.29, 1.82) is 0 Å². The predicted octanol–water partition coefficient (Wildman–Crippen LogP) is 3.09. The molecule has 6 nitrogen and oxygen atoms in total. The number of hydrogen-bond donors (Lipinski definition) is 1. The Morgan fingerprint density at radius 1 is 1.17 bits per heavy atom. The molecule has 0 aliphatic carbocycles. The highest BCUT2D eigenvalue weighted by Gasteiger charge is 2.18. The predicted molar refractivity (Wildman–Crippen MR) is 84.4 cm³/mol. The van der Waals surface area contributed by atoms with E-state index >= 15 is 0 Å². The first-order chi connectivity index (χ1) is 11.0. The van der Waals surface area contributed by atoms with Crippen molar-refractivity contribution in [2.45, 2.75) is 13.0 Å². The van der Waals surface area contributed by atoms with Gasteiger partial charge in [-0.15, -0.1) is 0 Å². The lowest BCUT2D eigenvalue weighted by Gasteiger charge is -2.11. The van der Waals surface area contributed by atoms with E-state index in [4.69, 9.17) is 4.42 Å². The topological polar surface area (TPSA) is 93.6 Å². The van der Waals surface area contributed by atoms with Gasteiger partial charge in [0.1, 0.15) is 18.0 Å². The molecule has 0 aliphatic heterocycles. The van der Waals surface area contributed by atoms with Crippen molar-refractivity contribution in [3.05, 3.63) is 85.8 Å². The molecule has 1 atom stereocenters. The highest BCUT2D eigenvalue weighted by molar-refractivity contribution is 5.77. The molecule has 3 aromatic rings. The Kier molecular flexibility index (Phi) is 3.67. The van der Waals surface area contributed by atoms with Gasteiger partial charge in [-0.2, -0.15) is 0 Å². The zero-order valence-corrected chi connectivity index (χ0v) is 12.2. The second-order valence-electron chi connectivity index (χ2n) is 5.27. The summed E-state index contributed by atoms with van der Waals surface area (Å²) in [6, 6.07) is 10.6. The Morgan fingerprint density at radius 3 is 2.52 bits per heavy atom. The third-order valence-electron chi connectivity index (χ3n) is 3.67. The van der Waals surface area contributed by atoms with Crippen LogP contribution >= 0.6 is 0 Å². The summed E-state index contributed by atoms with van der Waals surface area (Å²) in [6.45, 7) is 1.86. The van der Waals surface area contributed by atoms with Gasteiger partial charge in [0.2, 0.25) is 0 Å². The largest absolute Gasteiger partial charge is 0.464 e. The second kappa shape index (κ2) is 5.66. The van der Waals surface area contributed by atoms with Crippen LogP contribution in [0.4, 0.5) is 5.69 Å². The Balaban J connectivity index is 2.07. The molecular weight excluding hydrogens is 298 g/mol. The first-order valence-electron chi connectivity index (χ1n) is 6.92. The molecule has 3 rings (SSSR count). The van der Waals surface area contributed by atoms with E-state index < -0.39 is 11.0 Å². The Bertz CT molecular complexity index is 943. The lowest BCUT2D eigenvalue weighted by Crippen LogP contribution is -2.14. The van der Waals surface area contributed by atoms with Crippen LogP contribution in [-0.2, 0) is 0 Å². The number of fused-ring (bicyclic) bond motifs is 1. The van der Waals surface area contributed by atoms with Crippen LogP contribution in [0.25, 0.3) is 11.0 Å². The molecule has 0 radical (unpaired) electrons. The minimum atomic E-state index is -1.21. The molecule has 1 heterocycles. The molecule has 1 aromatic heterocycles. The molecule has 2 aromatic carbocycles. The molecule has 0 spiro atoms. The Labute approximate surface area is 130 Å². The average Bonchev–Trinajstić information content (AvgIpc) is 2.55. The van der Waals surface area contributed by atoms with Gasteiger partial charge in [-0.1, -0.05) is 11.6 Å². The van der Waals surface area contributed by atoms with Gasteiger partial charge in [0, 0.05) is 12.1 Å². The van der Waals surface area contributed by atoms with E-state index in [2.05, 4.69) is 0 Å². The molecule has 0 saturated heterocycles. The summed E-state index contributed by atoms with van der Waals surface area (Å²) < 4.78 is 5.41. The average molecular weight is 311 g/mol. The van der Waals surface area contributed by atoms with Crippen molar-refractivity contribution < 1.29 is 14.4 Å². The molecular formula is C17H13NO5. The number of aliphatic hydroxyl groups is 1. The minimum absolute atomic E-state index is 0.0814. The number of non-ortho nitro benzene ring substituents is 1. The van der Waals surface area contributed by atoms with Crippen LogP contribution in [-0.4, -0.2) is 10.0 Å². The van der Waals surface area contributed by atoms with Crippen molar-refractivity contribution in [2.24, 2.45) is 0 Å². The van der Waals surface area contributed by atoms with Gasteiger partial charge < -0.3 is 9.52 Å². The van der Waals surface area contributed by atoms with Crippen LogP contribution in [0.5, 0.6) is 0 Å². The number of rotatable bonds is 3. The fraction of sp³-hybridized carbons (Fsp3) is 0.118. The summed E-state index contributed by atoms with van der Waals surface area (Å²) in [5.74, 6) is 0. The lowest BCUT2D eigenvalue weighted by molar-refractivity contribution is -0.384. The maximum atomic E-state index is 12.5. The van der Waals surface area contributed by atoms with Crippen LogP contribution in [0.2, 0.25) is 0 Å². The van der Waals surface area contributed by atoms with Gasteiger partial charge in [0.15, 0.2) is 5.43 Å². The summed E-state index contributed by atoms with van der Waals surface area (Å²) in [5, 5.41) is 21.5. The first-order valence-corrected chi connectivity index (χ1v) is 6.92. The zero-order chi connectivity index (χ0) is 16.6. The van der Waals surface area contributed by atoms with E-state index in [0.717, 1.165) is 5.56 Å². The highest BCUT2D eigenvalue weighted by Crippen LogP contribution is 2.24. The number of nitrogens with zero attached hydrogens (tertiary/aromatic N) is 1. The van der Waals surface area contributed by atoms with Crippen LogP contribution < -0.4 is 5.43 Å². The van der Waals surface area contributed by atoms with Gasteiger partial charge in [-0.05, 0) is 36.8 Å². The Hall–Kier alpha value is -2.99. The monoisotopic (exact) mass is 311 g/mol. The molecule has 6 heteroatoms. The van der Waals surface area contributed by atoms with E-state index in [0.29, 0.717) is 16.5 Å². The SMILES string of the molecule is Cc1ccc2occ(C(O)c3ccc([N+](=O)[O-])cc3)c(=O)c2c1. The number of benzene rings is 2. The van der Waals surface area contributed by atoms with E-state index in [1.54, 1.807) is 12.1 Å². The third-order valence-corrected chi connectivity index (χ3v) is 3.67. The van der Waals surface area contributed by atoms with E-state index in [1.165, 1.54) is 30.5 Å². The standard InChI is InChI=1S/C17H13NO5/c1-10-2-7-15-13(8-10)17(20)14(9-23-15)16(19)11-3-5-12(6-4-11)18(21)22/h2-9,16,19H,1H3. The molecule has 1 unspecified atom stereocenters. The highest BCUT2D eigenvalue weighted by atomic mass is 16.6. The molecule has 0 bridgehead atoms. The van der Waals surface area contributed by atoms with Crippen LogP contribution in [0.3, 0.4) is 0 Å².